The van der Waals surface area contributed by atoms with Gasteiger partial charge in [-0.2, -0.15) is 36.9 Å². The molecule has 0 spiro atoms. The monoisotopic (exact) mass is 942 g/mol. The van der Waals surface area contributed by atoms with Crippen molar-refractivity contribution >= 4 is 66.7 Å². The van der Waals surface area contributed by atoms with Gasteiger partial charge in [0.05, 0.1) is 68.4 Å². The molecule has 2 aromatic carbocycles. The minimum Gasteiger partial charge on any atom is -0.466 e. The molecule has 1 fully saturated rings. The molecule has 65 heavy (non-hydrogen) atoms. The number of ether oxygens (including phenoxy) is 4. The van der Waals surface area contributed by atoms with Crippen LogP contribution in [0.1, 0.15) is 60.8 Å². The standard InChI is InChI=1S/C23H20F3N3O4S.C20H16F3N3O4S/c1-11-16(21(30)33-10-23(24,25)26)17(15-9-34-19-13(7-27)3-2-4-14(15)19)18(20(28)29-11)22(31)32-8-12-5-6-12;1-9-13(18(27)29-2)14(12-7-31-16-10(6-24)4-3-5-11(12)16)15(17(25)26-9)19(28)30-8-20(21,22)23/h2-4,9,12,17,29H,5-6,8,10,28H2,1H3;3-5,7,14,26H,8,25H2,1-2H3. The van der Waals surface area contributed by atoms with Gasteiger partial charge in [0, 0.05) is 11.4 Å². The predicted octanol–water partition coefficient (Wildman–Crippen LogP) is 7.15. The fourth-order valence-electron chi connectivity index (χ4n) is 7.22. The molecule has 0 bridgehead atoms. The van der Waals surface area contributed by atoms with E-state index in [2.05, 4.69) is 32.2 Å². The van der Waals surface area contributed by atoms with Crippen LogP contribution in [-0.4, -0.2) is 63.2 Å². The number of allylic oxidation sites excluding steroid dienone is 2. The van der Waals surface area contributed by atoms with Gasteiger partial charge in [0.2, 0.25) is 0 Å². The van der Waals surface area contributed by atoms with E-state index in [0.29, 0.717) is 42.4 Å². The molecule has 6 N–H and O–H groups in total. The number of nitrogens with two attached hydrogens (primary N) is 2. The van der Waals surface area contributed by atoms with Gasteiger partial charge in [0.1, 0.15) is 23.8 Å². The molecule has 1 aliphatic carbocycles. The highest BCUT2D eigenvalue weighted by Gasteiger charge is 2.43. The third-order valence-electron chi connectivity index (χ3n) is 10.3. The van der Waals surface area contributed by atoms with Crippen molar-refractivity contribution in [1.29, 1.82) is 10.5 Å². The van der Waals surface area contributed by atoms with Crippen molar-refractivity contribution < 1.29 is 64.5 Å². The molecule has 7 rings (SSSR count). The van der Waals surface area contributed by atoms with Gasteiger partial charge in [-0.3, -0.25) is 0 Å². The molecule has 2 aromatic heterocycles. The second-order valence-corrected chi connectivity index (χ2v) is 16.5. The summed E-state index contributed by atoms with van der Waals surface area (Å²) in [6.07, 6.45) is -7.59. The lowest BCUT2D eigenvalue weighted by Gasteiger charge is -2.30. The third kappa shape index (κ3) is 10.3. The van der Waals surface area contributed by atoms with Gasteiger partial charge in [-0.15, -0.1) is 22.7 Å². The Balaban J connectivity index is 0.000000216. The first-order chi connectivity index (χ1) is 30.7. The van der Waals surface area contributed by atoms with Gasteiger partial charge in [-0.25, -0.2) is 19.2 Å². The first-order valence-electron chi connectivity index (χ1n) is 19.2. The maximum Gasteiger partial charge on any atom is 0.422 e. The number of hydrogen-bond donors (Lipinski definition) is 4. The van der Waals surface area contributed by atoms with E-state index in [1.165, 1.54) is 36.5 Å². The highest BCUT2D eigenvalue weighted by atomic mass is 32.1. The lowest BCUT2D eigenvalue weighted by molar-refractivity contribution is -0.183. The Morgan fingerprint density at radius 3 is 1.46 bits per heavy atom. The van der Waals surface area contributed by atoms with E-state index in [4.69, 9.17) is 20.9 Å². The van der Waals surface area contributed by atoms with Crippen LogP contribution in [0.25, 0.3) is 20.2 Å². The summed E-state index contributed by atoms with van der Waals surface area (Å²) in [5.41, 5.74) is 13.5. The molecular weight excluding hydrogens is 907 g/mol. The van der Waals surface area contributed by atoms with Gasteiger partial charge in [0.15, 0.2) is 13.2 Å². The van der Waals surface area contributed by atoms with Crippen LogP contribution < -0.4 is 22.1 Å². The summed E-state index contributed by atoms with van der Waals surface area (Å²) in [4.78, 5) is 51.2. The van der Waals surface area contributed by atoms with E-state index in [-0.39, 0.29) is 57.9 Å². The largest absolute Gasteiger partial charge is 0.466 e. The molecule has 2 atom stereocenters. The molecule has 2 aliphatic heterocycles. The van der Waals surface area contributed by atoms with Crippen LogP contribution in [-0.2, 0) is 38.1 Å². The van der Waals surface area contributed by atoms with Gasteiger partial charge < -0.3 is 41.0 Å². The number of nitrogens with zero attached hydrogens (tertiary/aromatic N) is 2. The smallest absolute Gasteiger partial charge is 0.422 e. The van der Waals surface area contributed by atoms with E-state index in [9.17, 15) is 56.0 Å². The molecule has 2 unspecified atom stereocenters. The molecule has 0 radical (unpaired) electrons. The molecule has 340 valence electrons. The molecule has 4 aromatic rings. The quantitative estimate of drug-likeness (QED) is 0.0704. The number of nitriles is 2. The molecule has 1 saturated carbocycles. The summed E-state index contributed by atoms with van der Waals surface area (Å²) >= 11 is 2.42. The van der Waals surface area contributed by atoms with Crippen LogP contribution in [0.3, 0.4) is 0 Å². The van der Waals surface area contributed by atoms with E-state index in [1.54, 1.807) is 47.2 Å². The summed E-state index contributed by atoms with van der Waals surface area (Å²) < 4.78 is 96.5. The Bertz CT molecular complexity index is 2820. The molecular formula is C43H36F6N6O8S2. The first kappa shape index (κ1) is 47.4. The second kappa shape index (κ2) is 19.0. The van der Waals surface area contributed by atoms with Crippen molar-refractivity contribution in [2.24, 2.45) is 17.4 Å². The van der Waals surface area contributed by atoms with Crippen LogP contribution in [0, 0.1) is 28.6 Å². The number of methoxy groups -OCH3 is 1. The molecule has 14 nitrogen and oxygen atoms in total. The van der Waals surface area contributed by atoms with Crippen LogP contribution in [0.4, 0.5) is 26.3 Å². The minimum atomic E-state index is -4.74. The maximum atomic E-state index is 13.1. The Labute approximate surface area is 373 Å². The fourth-order valence-corrected chi connectivity index (χ4v) is 9.34. The Morgan fingerprint density at radius 2 is 1.08 bits per heavy atom. The van der Waals surface area contributed by atoms with Gasteiger partial charge in [-0.05, 0) is 77.4 Å². The predicted molar refractivity (Wildman–Crippen MR) is 222 cm³/mol. The Kier molecular flexibility index (Phi) is 13.8. The number of halogens is 6. The van der Waals surface area contributed by atoms with Crippen molar-refractivity contribution in [2.75, 3.05) is 26.9 Å². The Morgan fingerprint density at radius 1 is 0.677 bits per heavy atom. The van der Waals surface area contributed by atoms with Crippen molar-refractivity contribution in [2.45, 2.75) is 50.9 Å². The number of carbonyl (C=O) groups is 4. The number of nitrogens with one attached hydrogen (secondary N) is 2. The summed E-state index contributed by atoms with van der Waals surface area (Å²) in [6.45, 7) is -0.416. The van der Waals surface area contributed by atoms with Crippen molar-refractivity contribution in [3.8, 4) is 12.1 Å². The lowest BCUT2D eigenvalue weighted by Crippen LogP contribution is -2.36. The van der Waals surface area contributed by atoms with Crippen molar-refractivity contribution in [3.05, 3.63) is 115 Å². The molecule has 3 aliphatic rings. The summed E-state index contributed by atoms with van der Waals surface area (Å²) in [6, 6.07) is 14.0. The lowest BCUT2D eigenvalue weighted by atomic mass is 9.81. The van der Waals surface area contributed by atoms with E-state index < -0.39 is 61.3 Å². The summed E-state index contributed by atoms with van der Waals surface area (Å²) in [5, 5.41) is 28.6. The van der Waals surface area contributed by atoms with Crippen molar-refractivity contribution in [1.82, 2.24) is 10.6 Å². The summed E-state index contributed by atoms with van der Waals surface area (Å²) in [7, 11) is 1.14. The topological polar surface area (TPSA) is 229 Å². The number of thiophene rings is 2. The number of carbonyl (C=O) groups excluding carboxylic acids is 4. The van der Waals surface area contributed by atoms with Gasteiger partial charge in [-0.1, -0.05) is 24.3 Å². The van der Waals surface area contributed by atoms with Crippen LogP contribution >= 0.6 is 22.7 Å². The summed E-state index contributed by atoms with van der Waals surface area (Å²) in [5.74, 6) is -6.46. The average molecular weight is 943 g/mol. The number of alkyl halides is 6. The van der Waals surface area contributed by atoms with Crippen molar-refractivity contribution in [3.63, 3.8) is 0 Å². The SMILES string of the molecule is CC1=C(C(=O)OCC(F)(F)F)C(c2csc3c(C#N)cccc23)C(C(=O)OCC2CC2)=C(N)N1.COC(=O)C1=C(C)NC(N)=C(C(=O)OCC(F)(F)F)C1c1csc2c(C#N)cccc12. The number of rotatable bonds is 10. The third-order valence-corrected chi connectivity index (χ3v) is 12.4. The number of esters is 4. The maximum absolute atomic E-state index is 13.1. The Hall–Kier alpha value is -7.04. The number of fused-ring (bicyclic) bond motifs is 2. The van der Waals surface area contributed by atoms with Crippen LogP contribution in [0.5, 0.6) is 0 Å². The van der Waals surface area contributed by atoms with E-state index in [0.717, 1.165) is 20.0 Å². The average Bonchev–Trinajstić information content (AvgIpc) is 3.82. The normalized spacial score (nSPS) is 17.6. The van der Waals surface area contributed by atoms with E-state index in [1.807, 2.05) is 0 Å². The minimum absolute atomic E-state index is 0.00211. The zero-order chi connectivity index (χ0) is 47.5. The molecule has 22 heteroatoms. The van der Waals surface area contributed by atoms with Gasteiger partial charge >= 0.3 is 36.2 Å². The van der Waals surface area contributed by atoms with Crippen LogP contribution in [0.2, 0.25) is 0 Å². The highest BCUT2D eigenvalue weighted by Crippen LogP contribution is 2.46. The number of hydrogen-bond acceptors (Lipinski definition) is 16. The van der Waals surface area contributed by atoms with E-state index >= 15 is 0 Å². The second-order valence-electron chi connectivity index (χ2n) is 14.7. The zero-order valence-electron chi connectivity index (χ0n) is 34.3. The number of benzene rings is 2. The van der Waals surface area contributed by atoms with Crippen LogP contribution in [0.15, 0.2) is 92.5 Å². The van der Waals surface area contributed by atoms with Gasteiger partial charge in [0.25, 0.3) is 0 Å². The fraction of sp³-hybridized carbons (Fsp3) is 0.302. The number of dihydropyridines is 2. The molecule has 0 amide bonds. The molecule has 0 saturated heterocycles. The highest BCUT2D eigenvalue weighted by molar-refractivity contribution is 7.18. The zero-order valence-corrected chi connectivity index (χ0v) is 35.9. The molecule has 4 heterocycles. The first-order valence-corrected chi connectivity index (χ1v) is 20.9.